The zero-order chi connectivity index (χ0) is 13.4. The fourth-order valence-corrected chi connectivity index (χ4v) is 2.38. The van der Waals surface area contributed by atoms with Crippen molar-refractivity contribution in [3.8, 4) is 0 Å². The Bertz CT molecular complexity index is 629. The van der Waals surface area contributed by atoms with E-state index in [1.54, 1.807) is 10.9 Å². The number of anilines is 1. The van der Waals surface area contributed by atoms with Gasteiger partial charge in [0.2, 0.25) is 0 Å². The molecule has 6 nitrogen and oxygen atoms in total. The van der Waals surface area contributed by atoms with E-state index in [9.17, 15) is 4.79 Å². The van der Waals surface area contributed by atoms with Gasteiger partial charge in [0.15, 0.2) is 5.65 Å². The number of aromatic nitrogens is 3. The first-order chi connectivity index (χ1) is 9.15. The predicted octanol–water partition coefficient (Wildman–Crippen LogP) is 1.39. The van der Waals surface area contributed by atoms with E-state index in [0.717, 1.165) is 29.6 Å². The van der Waals surface area contributed by atoms with Crippen LogP contribution >= 0.6 is 0 Å². The van der Waals surface area contributed by atoms with Gasteiger partial charge in [-0.05, 0) is 25.8 Å². The van der Waals surface area contributed by atoms with E-state index in [1.807, 2.05) is 20.0 Å². The summed E-state index contributed by atoms with van der Waals surface area (Å²) < 4.78 is 7.09. The lowest BCUT2D eigenvalue weighted by atomic mass is 10.2. The third-order valence-corrected chi connectivity index (χ3v) is 3.35. The van der Waals surface area contributed by atoms with E-state index in [4.69, 9.17) is 4.74 Å². The zero-order valence-corrected chi connectivity index (χ0v) is 11.0. The lowest BCUT2D eigenvalue weighted by Crippen LogP contribution is -2.26. The van der Waals surface area contributed by atoms with Crippen LogP contribution in [0.3, 0.4) is 0 Å². The van der Waals surface area contributed by atoms with Crippen molar-refractivity contribution >= 4 is 22.6 Å². The number of carbonyl (C=O) groups excluding carboxylic acids is 1. The molecule has 100 valence electrons. The maximum Gasteiger partial charge on any atom is 0.253 e. The van der Waals surface area contributed by atoms with Gasteiger partial charge in [-0.15, -0.1) is 0 Å². The standard InChI is InChI=1S/C13H16N4O2/c1-8-10-6-9(7-14-12(10)17(2)16-8)15-13(18)11-4-3-5-19-11/h6-7,11H,3-5H2,1-2H3,(H,15,18)/t11-/m1/s1. The highest BCUT2D eigenvalue weighted by atomic mass is 16.5. The molecule has 3 heterocycles. The molecule has 1 saturated heterocycles. The fourth-order valence-electron chi connectivity index (χ4n) is 2.38. The first-order valence-corrected chi connectivity index (χ1v) is 6.37. The van der Waals surface area contributed by atoms with Crippen molar-refractivity contribution in [1.29, 1.82) is 0 Å². The number of carbonyl (C=O) groups is 1. The molecule has 2 aromatic heterocycles. The van der Waals surface area contributed by atoms with Gasteiger partial charge in [-0.25, -0.2) is 4.98 Å². The van der Waals surface area contributed by atoms with Crippen LogP contribution in [0.4, 0.5) is 5.69 Å². The Balaban J connectivity index is 1.85. The highest BCUT2D eigenvalue weighted by molar-refractivity contribution is 5.95. The van der Waals surface area contributed by atoms with Crippen LogP contribution in [0.25, 0.3) is 11.0 Å². The maximum absolute atomic E-state index is 12.0. The molecule has 1 atom stereocenters. The van der Waals surface area contributed by atoms with Crippen molar-refractivity contribution in [3.05, 3.63) is 18.0 Å². The van der Waals surface area contributed by atoms with Crippen molar-refractivity contribution in [3.63, 3.8) is 0 Å². The second-order valence-electron chi connectivity index (χ2n) is 4.80. The number of hydrogen-bond acceptors (Lipinski definition) is 4. The molecule has 1 fully saturated rings. The molecular weight excluding hydrogens is 244 g/mol. The molecule has 1 amide bonds. The summed E-state index contributed by atoms with van der Waals surface area (Å²) in [4.78, 5) is 16.3. The minimum absolute atomic E-state index is 0.0970. The number of nitrogens with zero attached hydrogens (tertiary/aromatic N) is 3. The first-order valence-electron chi connectivity index (χ1n) is 6.37. The number of rotatable bonds is 2. The van der Waals surface area contributed by atoms with E-state index in [0.29, 0.717) is 12.3 Å². The molecule has 0 bridgehead atoms. The maximum atomic E-state index is 12.0. The Kier molecular flexibility index (Phi) is 2.94. The molecule has 0 unspecified atom stereocenters. The minimum Gasteiger partial charge on any atom is -0.368 e. The lowest BCUT2D eigenvalue weighted by molar-refractivity contribution is -0.124. The topological polar surface area (TPSA) is 69.0 Å². The average molecular weight is 260 g/mol. The molecular formula is C13H16N4O2. The normalized spacial score (nSPS) is 18.9. The zero-order valence-electron chi connectivity index (χ0n) is 11.0. The van der Waals surface area contributed by atoms with Crippen LogP contribution in [0, 0.1) is 6.92 Å². The number of amides is 1. The smallest absolute Gasteiger partial charge is 0.253 e. The fraction of sp³-hybridized carbons (Fsp3) is 0.462. The molecule has 1 N–H and O–H groups in total. The Hall–Kier alpha value is -1.95. The van der Waals surface area contributed by atoms with E-state index in [1.165, 1.54) is 0 Å². The van der Waals surface area contributed by atoms with Gasteiger partial charge in [-0.1, -0.05) is 0 Å². The van der Waals surface area contributed by atoms with E-state index >= 15 is 0 Å². The first kappa shape index (κ1) is 12.1. The van der Waals surface area contributed by atoms with Gasteiger partial charge in [-0.3, -0.25) is 9.48 Å². The number of pyridine rings is 1. The SMILES string of the molecule is Cc1nn(C)c2ncc(NC(=O)[C@H]3CCCO3)cc12. The molecule has 0 saturated carbocycles. The van der Waals surface area contributed by atoms with E-state index < -0.39 is 0 Å². The van der Waals surface area contributed by atoms with E-state index in [2.05, 4.69) is 15.4 Å². The van der Waals surface area contributed by atoms with Crippen LogP contribution in [-0.4, -0.2) is 33.4 Å². The second kappa shape index (κ2) is 4.62. The van der Waals surface area contributed by atoms with Crippen molar-refractivity contribution < 1.29 is 9.53 Å². The van der Waals surface area contributed by atoms with Gasteiger partial charge in [0, 0.05) is 19.0 Å². The molecule has 0 aliphatic carbocycles. The summed E-state index contributed by atoms with van der Waals surface area (Å²) >= 11 is 0. The van der Waals surface area contributed by atoms with Gasteiger partial charge < -0.3 is 10.1 Å². The van der Waals surface area contributed by atoms with Crippen molar-refractivity contribution in [2.45, 2.75) is 25.9 Å². The van der Waals surface area contributed by atoms with Gasteiger partial charge in [-0.2, -0.15) is 5.10 Å². The second-order valence-corrected chi connectivity index (χ2v) is 4.80. The summed E-state index contributed by atoms with van der Waals surface area (Å²) in [6.45, 7) is 2.59. The van der Waals surface area contributed by atoms with Crippen LogP contribution < -0.4 is 5.32 Å². The van der Waals surface area contributed by atoms with Crippen molar-refractivity contribution in [2.24, 2.45) is 7.05 Å². The molecule has 3 rings (SSSR count). The Morgan fingerprint density at radius 1 is 1.58 bits per heavy atom. The minimum atomic E-state index is -0.328. The summed E-state index contributed by atoms with van der Waals surface area (Å²) in [5, 5.41) is 8.11. The third kappa shape index (κ3) is 2.19. The molecule has 0 aromatic carbocycles. The molecule has 19 heavy (non-hydrogen) atoms. The molecule has 1 aliphatic heterocycles. The number of ether oxygens (including phenoxy) is 1. The number of hydrogen-bond donors (Lipinski definition) is 1. The molecule has 0 spiro atoms. The van der Waals surface area contributed by atoms with E-state index in [-0.39, 0.29) is 12.0 Å². The van der Waals surface area contributed by atoms with Gasteiger partial charge in [0.25, 0.3) is 5.91 Å². The molecule has 0 radical (unpaired) electrons. The quantitative estimate of drug-likeness (QED) is 0.886. The lowest BCUT2D eigenvalue weighted by Gasteiger charge is -2.10. The summed E-state index contributed by atoms with van der Waals surface area (Å²) in [6, 6.07) is 1.90. The number of aryl methyl sites for hydroxylation is 2. The summed E-state index contributed by atoms with van der Waals surface area (Å²) in [6.07, 6.45) is 3.05. The highest BCUT2D eigenvalue weighted by Gasteiger charge is 2.23. The predicted molar refractivity (Wildman–Crippen MR) is 70.8 cm³/mol. The van der Waals surface area contributed by atoms with Gasteiger partial charge >= 0.3 is 0 Å². The Labute approximate surface area is 110 Å². The summed E-state index contributed by atoms with van der Waals surface area (Å²) in [5.74, 6) is -0.0970. The number of nitrogens with one attached hydrogen (secondary N) is 1. The Morgan fingerprint density at radius 3 is 3.16 bits per heavy atom. The monoisotopic (exact) mass is 260 g/mol. The number of fused-ring (bicyclic) bond motifs is 1. The average Bonchev–Trinajstić information content (AvgIpc) is 2.99. The van der Waals surface area contributed by atoms with Crippen LogP contribution in [0.2, 0.25) is 0 Å². The third-order valence-electron chi connectivity index (χ3n) is 3.35. The summed E-state index contributed by atoms with van der Waals surface area (Å²) in [5.41, 5.74) is 2.40. The Morgan fingerprint density at radius 2 is 2.42 bits per heavy atom. The molecule has 1 aliphatic rings. The summed E-state index contributed by atoms with van der Waals surface area (Å²) in [7, 11) is 1.85. The van der Waals surface area contributed by atoms with Crippen molar-refractivity contribution in [2.75, 3.05) is 11.9 Å². The highest BCUT2D eigenvalue weighted by Crippen LogP contribution is 2.20. The van der Waals surface area contributed by atoms with Gasteiger partial charge in [0.05, 0.1) is 17.6 Å². The molecule has 6 heteroatoms. The van der Waals surface area contributed by atoms with Crippen LogP contribution in [-0.2, 0) is 16.6 Å². The van der Waals surface area contributed by atoms with Crippen LogP contribution in [0.15, 0.2) is 12.3 Å². The van der Waals surface area contributed by atoms with Crippen LogP contribution in [0.1, 0.15) is 18.5 Å². The largest absolute Gasteiger partial charge is 0.368 e. The van der Waals surface area contributed by atoms with Crippen LogP contribution in [0.5, 0.6) is 0 Å². The van der Waals surface area contributed by atoms with Gasteiger partial charge in [0.1, 0.15) is 6.10 Å². The van der Waals surface area contributed by atoms with Crippen molar-refractivity contribution in [1.82, 2.24) is 14.8 Å². The molecule has 2 aromatic rings.